The van der Waals surface area contributed by atoms with Gasteiger partial charge in [0.25, 0.3) is 0 Å². The molecule has 0 bridgehead atoms. The fourth-order valence-corrected chi connectivity index (χ4v) is 5.64. The maximum Gasteiger partial charge on any atom is 0.340 e. The molecule has 8 heteroatoms. The lowest BCUT2D eigenvalue weighted by molar-refractivity contribution is 0.0527. The lowest BCUT2D eigenvalue weighted by Gasteiger charge is -2.15. The maximum atomic E-state index is 13.5. The molecule has 1 N–H and O–H groups in total. The van der Waals surface area contributed by atoms with Gasteiger partial charge in [-0.3, -0.25) is 0 Å². The number of methoxy groups -OCH3 is 1. The van der Waals surface area contributed by atoms with Gasteiger partial charge >= 0.3 is 5.97 Å². The number of benzene rings is 3. The van der Waals surface area contributed by atoms with Crippen LogP contribution in [0.2, 0.25) is 0 Å². The molecule has 0 atom stereocenters. The Labute approximate surface area is 223 Å². The smallest absolute Gasteiger partial charge is 0.340 e. The second-order valence-electron chi connectivity index (χ2n) is 8.49. The van der Waals surface area contributed by atoms with Crippen LogP contribution in [0.15, 0.2) is 70.0 Å². The minimum atomic E-state index is -0.403. The summed E-state index contributed by atoms with van der Waals surface area (Å²) in [4.78, 5) is 16.6. The Balaban J connectivity index is 2.06. The SMILES string of the molecule is CCOC(=O)c1c(CSc2ccccc2)n(-c2ccc(OC)cc2)c2cc(Br)c(O)c(CN(C)C)c12. The number of esters is 1. The van der Waals surface area contributed by atoms with E-state index in [0.717, 1.165) is 27.5 Å². The van der Waals surface area contributed by atoms with E-state index in [9.17, 15) is 9.90 Å². The highest BCUT2D eigenvalue weighted by atomic mass is 79.9. The number of carbonyl (C=O) groups is 1. The molecule has 3 aromatic carbocycles. The Morgan fingerprint density at radius 1 is 1.11 bits per heavy atom. The van der Waals surface area contributed by atoms with Gasteiger partial charge in [-0.1, -0.05) is 18.2 Å². The highest BCUT2D eigenvalue weighted by Gasteiger charge is 2.29. The molecule has 0 unspecified atom stereocenters. The summed E-state index contributed by atoms with van der Waals surface area (Å²) in [5.74, 6) is 0.989. The quantitative estimate of drug-likeness (QED) is 0.180. The second kappa shape index (κ2) is 11.4. The highest BCUT2D eigenvalue weighted by Crippen LogP contribution is 2.42. The van der Waals surface area contributed by atoms with Crippen LogP contribution in [0.1, 0.15) is 28.5 Å². The van der Waals surface area contributed by atoms with E-state index in [1.807, 2.05) is 67.5 Å². The number of carbonyl (C=O) groups excluding carboxylic acids is 1. The molecule has 6 nitrogen and oxygen atoms in total. The largest absolute Gasteiger partial charge is 0.506 e. The molecule has 0 spiro atoms. The van der Waals surface area contributed by atoms with Crippen LogP contribution in [0.25, 0.3) is 16.6 Å². The highest BCUT2D eigenvalue weighted by molar-refractivity contribution is 9.10. The molecular formula is C28H29BrN2O4S. The van der Waals surface area contributed by atoms with Crippen molar-refractivity contribution >= 4 is 44.6 Å². The van der Waals surface area contributed by atoms with Gasteiger partial charge in [-0.25, -0.2) is 4.79 Å². The third-order valence-electron chi connectivity index (χ3n) is 5.79. The van der Waals surface area contributed by atoms with Crippen molar-refractivity contribution in [1.82, 2.24) is 9.47 Å². The number of phenolic OH excluding ortho intramolecular Hbond substituents is 1. The molecule has 4 rings (SSSR count). The molecule has 0 saturated carbocycles. The van der Waals surface area contributed by atoms with Crippen molar-refractivity contribution in [3.8, 4) is 17.2 Å². The molecule has 36 heavy (non-hydrogen) atoms. The summed E-state index contributed by atoms with van der Waals surface area (Å²) in [5, 5.41) is 11.8. The van der Waals surface area contributed by atoms with Gasteiger partial charge in [0, 0.05) is 39.5 Å². The maximum absolute atomic E-state index is 13.5. The zero-order valence-electron chi connectivity index (χ0n) is 20.7. The first-order chi connectivity index (χ1) is 17.3. The third kappa shape index (κ3) is 5.26. The zero-order valence-corrected chi connectivity index (χ0v) is 23.1. The van der Waals surface area contributed by atoms with Crippen molar-refractivity contribution < 1.29 is 19.4 Å². The fraction of sp³-hybridized carbons (Fsp3) is 0.250. The molecule has 0 fully saturated rings. The number of fused-ring (bicyclic) bond motifs is 1. The number of phenols is 1. The monoisotopic (exact) mass is 568 g/mol. The van der Waals surface area contributed by atoms with Crippen molar-refractivity contribution in [2.45, 2.75) is 24.1 Å². The first kappa shape index (κ1) is 26.1. The van der Waals surface area contributed by atoms with E-state index >= 15 is 0 Å². The molecule has 4 aromatic rings. The lowest BCUT2D eigenvalue weighted by Crippen LogP contribution is -2.13. The van der Waals surface area contributed by atoms with Gasteiger partial charge in [-0.05, 0) is 79.4 Å². The molecule has 0 radical (unpaired) electrons. The van der Waals surface area contributed by atoms with Crippen LogP contribution < -0.4 is 4.74 Å². The average molecular weight is 570 g/mol. The molecular weight excluding hydrogens is 540 g/mol. The molecule has 1 aromatic heterocycles. The molecule has 188 valence electrons. The van der Waals surface area contributed by atoms with Gasteiger partial charge in [0.05, 0.1) is 29.3 Å². The van der Waals surface area contributed by atoms with Crippen LogP contribution in [-0.4, -0.2) is 48.4 Å². The van der Waals surface area contributed by atoms with E-state index in [0.29, 0.717) is 33.3 Å². The number of aromatic nitrogens is 1. The van der Waals surface area contributed by atoms with Crippen LogP contribution in [0.4, 0.5) is 0 Å². The zero-order chi connectivity index (χ0) is 25.8. The molecule has 0 saturated heterocycles. The van der Waals surface area contributed by atoms with Gasteiger partial charge in [0.2, 0.25) is 0 Å². The number of halogens is 1. The van der Waals surface area contributed by atoms with Crippen molar-refractivity contribution in [2.24, 2.45) is 0 Å². The Morgan fingerprint density at radius 2 is 1.81 bits per heavy atom. The fourth-order valence-electron chi connectivity index (χ4n) is 4.26. The van der Waals surface area contributed by atoms with E-state index in [4.69, 9.17) is 9.47 Å². The van der Waals surface area contributed by atoms with E-state index in [2.05, 4.69) is 32.6 Å². The number of aromatic hydroxyl groups is 1. The normalized spacial score (nSPS) is 11.3. The first-order valence-electron chi connectivity index (χ1n) is 11.6. The summed E-state index contributed by atoms with van der Waals surface area (Å²) in [5.41, 5.74) is 3.65. The van der Waals surface area contributed by atoms with Gasteiger partial charge in [-0.15, -0.1) is 11.8 Å². The van der Waals surface area contributed by atoms with Gasteiger partial charge < -0.3 is 24.0 Å². The van der Waals surface area contributed by atoms with Crippen LogP contribution in [-0.2, 0) is 17.0 Å². The molecule has 0 aliphatic rings. The number of rotatable bonds is 9. The van der Waals surface area contributed by atoms with Gasteiger partial charge in [0.1, 0.15) is 11.5 Å². The molecule has 0 amide bonds. The summed E-state index contributed by atoms with van der Waals surface area (Å²) >= 11 is 5.19. The number of hydrogen-bond acceptors (Lipinski definition) is 6. The van der Waals surface area contributed by atoms with Crippen LogP contribution in [0, 0.1) is 0 Å². The summed E-state index contributed by atoms with van der Waals surface area (Å²) < 4.78 is 13.6. The minimum Gasteiger partial charge on any atom is -0.506 e. The summed E-state index contributed by atoms with van der Waals surface area (Å²) in [6.45, 7) is 2.50. The van der Waals surface area contributed by atoms with Crippen LogP contribution in [0.5, 0.6) is 11.5 Å². The topological polar surface area (TPSA) is 63.9 Å². The minimum absolute atomic E-state index is 0.121. The summed E-state index contributed by atoms with van der Waals surface area (Å²) in [6, 6.07) is 19.7. The predicted octanol–water partition coefficient (Wildman–Crippen LogP) is 6.64. The predicted molar refractivity (Wildman–Crippen MR) is 149 cm³/mol. The van der Waals surface area contributed by atoms with E-state index < -0.39 is 5.97 Å². The summed E-state index contributed by atoms with van der Waals surface area (Å²) in [7, 11) is 5.50. The summed E-state index contributed by atoms with van der Waals surface area (Å²) in [6.07, 6.45) is 0. The standard InChI is InChI=1S/C28H29BrN2O4S/c1-5-35-28(33)26-24(17-36-20-9-7-6-8-10-20)31(18-11-13-19(34-4)14-12-18)23-15-22(29)27(32)21(25(23)26)16-30(2)3/h6-15,32H,5,16-17H2,1-4H3. The Hall–Kier alpha value is -2.94. The Kier molecular flexibility index (Phi) is 8.28. The van der Waals surface area contributed by atoms with Crippen molar-refractivity contribution in [1.29, 1.82) is 0 Å². The van der Waals surface area contributed by atoms with Crippen molar-refractivity contribution in [2.75, 3.05) is 27.8 Å². The van der Waals surface area contributed by atoms with E-state index in [1.165, 1.54) is 0 Å². The van der Waals surface area contributed by atoms with E-state index in [-0.39, 0.29) is 12.4 Å². The average Bonchev–Trinajstić information content (AvgIpc) is 3.19. The van der Waals surface area contributed by atoms with Crippen LogP contribution in [0.3, 0.4) is 0 Å². The van der Waals surface area contributed by atoms with Gasteiger partial charge in [0.15, 0.2) is 0 Å². The number of nitrogens with zero attached hydrogens (tertiary/aromatic N) is 2. The van der Waals surface area contributed by atoms with E-state index in [1.54, 1.807) is 25.8 Å². The molecule has 0 aliphatic carbocycles. The number of thioether (sulfide) groups is 1. The Morgan fingerprint density at radius 3 is 2.42 bits per heavy atom. The number of hydrogen-bond donors (Lipinski definition) is 1. The third-order valence-corrected chi connectivity index (χ3v) is 7.41. The first-order valence-corrected chi connectivity index (χ1v) is 13.3. The second-order valence-corrected chi connectivity index (χ2v) is 10.4. The van der Waals surface area contributed by atoms with Crippen LogP contribution >= 0.6 is 27.7 Å². The number of ether oxygens (including phenoxy) is 2. The lowest BCUT2D eigenvalue weighted by atomic mass is 10.0. The van der Waals surface area contributed by atoms with Crippen molar-refractivity contribution in [3.63, 3.8) is 0 Å². The van der Waals surface area contributed by atoms with Crippen molar-refractivity contribution in [3.05, 3.63) is 82.0 Å². The molecule has 0 aliphatic heterocycles. The Bertz CT molecular complexity index is 1370. The molecule has 1 heterocycles. The van der Waals surface area contributed by atoms with Gasteiger partial charge in [-0.2, -0.15) is 0 Å².